The van der Waals surface area contributed by atoms with Gasteiger partial charge in [0.05, 0.1) is 37.0 Å². The van der Waals surface area contributed by atoms with Crippen LogP contribution in [-0.4, -0.2) is 78.9 Å². The Bertz CT molecular complexity index is 2750. The first kappa shape index (κ1) is 41.2. The van der Waals surface area contributed by atoms with Gasteiger partial charge in [-0.1, -0.05) is 42.0 Å². The summed E-state index contributed by atoms with van der Waals surface area (Å²) in [7, 11) is 3.14. The molecule has 2 aliphatic heterocycles. The molecule has 2 unspecified atom stereocenters. The lowest BCUT2D eigenvalue weighted by atomic mass is 10.1. The van der Waals surface area contributed by atoms with Gasteiger partial charge in [0.25, 0.3) is 0 Å². The molecular formula is C41H41BrN12O6. The lowest BCUT2D eigenvalue weighted by molar-refractivity contribution is 0.0608. The predicted molar refractivity (Wildman–Crippen MR) is 226 cm³/mol. The van der Waals surface area contributed by atoms with Crippen molar-refractivity contribution in [2.75, 3.05) is 27.4 Å². The SMILES string of the molecule is C.COc1nc(C2=NC(c3noc4ccccc34)CON2)ccc1-n1cnc(C)c1.COc1nc(C2=NC(c3noc4ccccc34)CON2)ccc1Br.Cc1cnc[nH]1. The number of rotatable bonds is 7. The molecule has 6 aromatic heterocycles. The van der Waals surface area contributed by atoms with Gasteiger partial charge in [-0.25, -0.2) is 30.9 Å². The third kappa shape index (κ3) is 9.02. The Morgan fingerprint density at radius 1 is 0.733 bits per heavy atom. The number of benzene rings is 2. The lowest BCUT2D eigenvalue weighted by Gasteiger charge is -2.20. The normalized spacial score (nSPS) is 15.8. The van der Waals surface area contributed by atoms with E-state index in [0.717, 1.165) is 54.9 Å². The molecular weight excluding hydrogens is 836 g/mol. The number of fused-ring (bicyclic) bond motifs is 2. The third-order valence-corrected chi connectivity index (χ3v) is 9.59. The predicted octanol–water partition coefficient (Wildman–Crippen LogP) is 7.12. The number of aryl methyl sites for hydroxylation is 2. The van der Waals surface area contributed by atoms with Gasteiger partial charge in [0, 0.05) is 28.9 Å². The van der Waals surface area contributed by atoms with E-state index >= 15 is 0 Å². The van der Waals surface area contributed by atoms with Crippen LogP contribution in [-0.2, 0) is 9.68 Å². The number of hydrogen-bond donors (Lipinski definition) is 3. The van der Waals surface area contributed by atoms with Crippen molar-refractivity contribution in [3.05, 3.63) is 136 Å². The molecule has 60 heavy (non-hydrogen) atoms. The average molecular weight is 878 g/mol. The summed E-state index contributed by atoms with van der Waals surface area (Å²) in [5.41, 5.74) is 12.6. The van der Waals surface area contributed by atoms with Crippen LogP contribution in [0.5, 0.6) is 11.8 Å². The maximum absolute atomic E-state index is 5.56. The second kappa shape index (κ2) is 18.7. The van der Waals surface area contributed by atoms with Crippen LogP contribution in [0, 0.1) is 13.8 Å². The standard InChI is InChI=1S/C20H18N6O3.C16H13BrN4O3.C4H6N2.CH4/c1-12-9-26(11-21-12)16-8-7-14(23-20(16)27-2)19-22-15(10-28-25-19)18-13-5-3-4-6-17(13)29-24-18;1-22-16-10(17)6-7-11(19-16)15-18-12(8-23-21-15)14-9-4-2-3-5-13(9)24-20-14;1-4-2-5-3-6-4;/h3-9,11,15H,10H2,1-2H3,(H,22,25);2-7,12H,8H2,1H3,(H,18,21);2-3H,1H3,(H,5,6);1H4. The summed E-state index contributed by atoms with van der Waals surface area (Å²) >= 11 is 3.38. The highest BCUT2D eigenvalue weighted by atomic mass is 79.9. The smallest absolute Gasteiger partial charge is 0.238 e. The zero-order chi connectivity index (χ0) is 40.7. The van der Waals surface area contributed by atoms with E-state index < -0.39 is 0 Å². The number of aromatic amines is 1. The minimum absolute atomic E-state index is 0. The van der Waals surface area contributed by atoms with Gasteiger partial charge in [-0.05, 0) is 78.3 Å². The highest BCUT2D eigenvalue weighted by Crippen LogP contribution is 2.30. The number of H-pyrrole nitrogens is 1. The largest absolute Gasteiger partial charge is 0.480 e. The molecule has 0 aliphatic carbocycles. The first-order chi connectivity index (χ1) is 28.9. The second-order valence-corrected chi connectivity index (χ2v) is 13.9. The van der Waals surface area contributed by atoms with Crippen LogP contribution in [0.15, 0.2) is 121 Å². The molecule has 2 aromatic carbocycles. The Hall–Kier alpha value is -6.96. The molecule has 0 radical (unpaired) electrons. The molecule has 308 valence electrons. The number of aliphatic imine (C=N–C) groups is 2. The van der Waals surface area contributed by atoms with Gasteiger partial charge in [0.15, 0.2) is 22.8 Å². The number of aromatic nitrogens is 8. The molecule has 10 rings (SSSR count). The number of amidine groups is 2. The number of hydrogen-bond acceptors (Lipinski definition) is 16. The maximum atomic E-state index is 5.56. The van der Waals surface area contributed by atoms with Gasteiger partial charge in [0.2, 0.25) is 11.8 Å². The van der Waals surface area contributed by atoms with Gasteiger partial charge < -0.3 is 28.1 Å². The Balaban J connectivity index is 0.000000159. The average Bonchev–Trinajstić information content (AvgIpc) is 4.12. The van der Waals surface area contributed by atoms with Crippen molar-refractivity contribution in [2.45, 2.75) is 33.4 Å². The highest BCUT2D eigenvalue weighted by Gasteiger charge is 2.26. The van der Waals surface area contributed by atoms with Crippen molar-refractivity contribution in [3.8, 4) is 17.4 Å². The van der Waals surface area contributed by atoms with Gasteiger partial charge in [0.1, 0.15) is 53.8 Å². The van der Waals surface area contributed by atoms with Crippen LogP contribution in [0.4, 0.5) is 0 Å². The Labute approximate surface area is 352 Å². The Morgan fingerprint density at radius 2 is 1.30 bits per heavy atom. The quantitative estimate of drug-likeness (QED) is 0.146. The molecule has 19 heteroatoms. The van der Waals surface area contributed by atoms with Crippen molar-refractivity contribution in [1.29, 1.82) is 0 Å². The summed E-state index contributed by atoms with van der Waals surface area (Å²) < 4.78 is 24.1. The van der Waals surface area contributed by atoms with Crippen LogP contribution in [0.3, 0.4) is 0 Å². The van der Waals surface area contributed by atoms with E-state index in [1.54, 1.807) is 33.1 Å². The minimum atomic E-state index is -0.307. The fourth-order valence-electron chi connectivity index (χ4n) is 6.11. The molecule has 2 aliphatic rings. The van der Waals surface area contributed by atoms with E-state index in [9.17, 15) is 0 Å². The molecule has 0 saturated heterocycles. The first-order valence-corrected chi connectivity index (χ1v) is 19.0. The fraction of sp³-hybridized carbons (Fsp3) is 0.220. The zero-order valence-corrected chi connectivity index (χ0v) is 33.7. The molecule has 0 fully saturated rings. The molecule has 3 N–H and O–H groups in total. The summed E-state index contributed by atoms with van der Waals surface area (Å²) in [6, 6.07) is 22.2. The molecule has 8 aromatic rings. The van der Waals surface area contributed by atoms with E-state index in [1.807, 2.05) is 97.4 Å². The second-order valence-electron chi connectivity index (χ2n) is 13.0. The number of imidazole rings is 2. The molecule has 2 atom stereocenters. The molecule has 18 nitrogen and oxygen atoms in total. The van der Waals surface area contributed by atoms with Crippen molar-refractivity contribution in [2.24, 2.45) is 9.98 Å². The van der Waals surface area contributed by atoms with E-state index in [1.165, 1.54) is 0 Å². The van der Waals surface area contributed by atoms with Crippen LogP contribution >= 0.6 is 15.9 Å². The van der Waals surface area contributed by atoms with E-state index in [4.69, 9.17) is 33.2 Å². The van der Waals surface area contributed by atoms with Gasteiger partial charge >= 0.3 is 0 Å². The van der Waals surface area contributed by atoms with Crippen molar-refractivity contribution < 1.29 is 28.2 Å². The number of para-hydroxylation sites is 2. The zero-order valence-electron chi connectivity index (χ0n) is 32.2. The Kier molecular flexibility index (Phi) is 12.9. The minimum Gasteiger partial charge on any atom is -0.480 e. The summed E-state index contributed by atoms with van der Waals surface area (Å²) in [4.78, 5) is 40.4. The van der Waals surface area contributed by atoms with Crippen LogP contribution in [0.2, 0.25) is 0 Å². The van der Waals surface area contributed by atoms with E-state index in [2.05, 4.69) is 67.1 Å². The number of pyridine rings is 2. The fourth-order valence-corrected chi connectivity index (χ4v) is 6.50. The molecule has 0 amide bonds. The van der Waals surface area contributed by atoms with E-state index in [-0.39, 0.29) is 19.5 Å². The third-order valence-electron chi connectivity index (χ3n) is 8.98. The number of nitrogens with zero attached hydrogens (tertiary/aromatic N) is 9. The Morgan fingerprint density at radius 3 is 1.80 bits per heavy atom. The molecule has 8 heterocycles. The summed E-state index contributed by atoms with van der Waals surface area (Å²) in [5.74, 6) is 1.95. The van der Waals surface area contributed by atoms with Crippen molar-refractivity contribution in [3.63, 3.8) is 0 Å². The van der Waals surface area contributed by atoms with Gasteiger partial charge in [-0.3, -0.25) is 19.7 Å². The molecule has 0 saturated carbocycles. The highest BCUT2D eigenvalue weighted by molar-refractivity contribution is 9.10. The number of ether oxygens (including phenoxy) is 2. The van der Waals surface area contributed by atoms with Crippen molar-refractivity contribution >= 4 is 49.5 Å². The first-order valence-electron chi connectivity index (χ1n) is 18.2. The van der Waals surface area contributed by atoms with Crippen LogP contribution in [0.25, 0.3) is 27.6 Å². The number of nitrogens with one attached hydrogen (secondary N) is 3. The topological polar surface area (TPSA) is 210 Å². The number of methoxy groups -OCH3 is 2. The van der Waals surface area contributed by atoms with E-state index in [0.29, 0.717) is 48.0 Å². The maximum Gasteiger partial charge on any atom is 0.238 e. The van der Waals surface area contributed by atoms with Gasteiger partial charge in [-0.15, -0.1) is 0 Å². The van der Waals surface area contributed by atoms with Crippen LogP contribution in [0.1, 0.15) is 53.7 Å². The molecule has 0 spiro atoms. The van der Waals surface area contributed by atoms with Crippen molar-refractivity contribution in [1.82, 2.24) is 50.8 Å². The summed E-state index contributed by atoms with van der Waals surface area (Å²) in [6.45, 7) is 4.58. The summed E-state index contributed by atoms with van der Waals surface area (Å²) in [6.07, 6.45) is 7.07. The number of halogens is 1. The molecule has 0 bridgehead atoms. The van der Waals surface area contributed by atoms with Gasteiger partial charge in [-0.2, -0.15) is 0 Å². The number of hydroxylamine groups is 2. The monoisotopic (exact) mass is 876 g/mol. The lowest BCUT2D eigenvalue weighted by Crippen LogP contribution is -2.33. The van der Waals surface area contributed by atoms with Crippen LogP contribution < -0.4 is 20.4 Å². The summed E-state index contributed by atoms with van der Waals surface area (Å²) in [5, 5.41) is 10.2.